The van der Waals surface area contributed by atoms with Crippen LogP contribution in [0.1, 0.15) is 12.6 Å². The molecule has 0 saturated carbocycles. The topological polar surface area (TPSA) is 157 Å². The number of aliphatic hydroxyl groups is 1. The molecule has 120 valence electrons. The van der Waals surface area contributed by atoms with Gasteiger partial charge in [0.2, 0.25) is 5.95 Å². The summed E-state index contributed by atoms with van der Waals surface area (Å²) in [4.78, 5) is 30.1. The Bertz CT molecular complexity index is 763. The smallest absolute Gasteiger partial charge is 0.328 e. The average molecular weight is 347 g/mol. The fourth-order valence-corrected chi connectivity index (χ4v) is 3.47. The number of aliphatic hydroxyl groups excluding tert-OH is 1. The molecular formula is C10H14N5O5PS. The molecule has 22 heavy (non-hydrogen) atoms. The Morgan fingerprint density at radius 2 is 2.23 bits per heavy atom. The highest BCUT2D eigenvalue weighted by Gasteiger charge is 2.39. The average Bonchev–Trinajstić information content (AvgIpc) is 2.92. The molecule has 0 radical (unpaired) electrons. The van der Waals surface area contributed by atoms with Crippen molar-refractivity contribution in [1.29, 1.82) is 0 Å². The zero-order chi connectivity index (χ0) is 16.1. The number of rotatable bonds is 3. The molecule has 3 atom stereocenters. The number of hydrogen-bond donors (Lipinski definition) is 5. The van der Waals surface area contributed by atoms with Crippen molar-refractivity contribution in [3.05, 3.63) is 6.33 Å². The monoisotopic (exact) mass is 347 g/mol. The van der Waals surface area contributed by atoms with Crippen LogP contribution < -0.4 is 5.73 Å². The van der Waals surface area contributed by atoms with Crippen molar-refractivity contribution in [2.24, 2.45) is 0 Å². The number of fused-ring (bicyclic) bond motifs is 1. The Hall–Kier alpha value is -1.23. The Morgan fingerprint density at radius 3 is 2.91 bits per heavy atom. The molecule has 0 amide bonds. The molecule has 3 heterocycles. The molecule has 1 aliphatic heterocycles. The van der Waals surface area contributed by atoms with Crippen molar-refractivity contribution >= 4 is 37.3 Å². The van der Waals surface area contributed by atoms with E-state index < -0.39 is 32.2 Å². The standard InChI is InChI=1S/C10H14N5O5PS/c11-10-13-8-7(9(22)14-10)12-3-15(8)6-1-4(16)5(20-6)2-21(17,18)19/h3-6,16H,1-2H2,(H2,17,18,19)(H3,11,13,14,22)/t4-,5-,6+/m0/s1. The van der Waals surface area contributed by atoms with Crippen molar-refractivity contribution in [3.63, 3.8) is 0 Å². The van der Waals surface area contributed by atoms with Crippen LogP contribution in [0.5, 0.6) is 0 Å². The van der Waals surface area contributed by atoms with E-state index in [1.165, 1.54) is 10.9 Å². The minimum Gasteiger partial charge on any atom is -0.390 e. The minimum atomic E-state index is -4.29. The molecule has 0 aromatic carbocycles. The molecule has 0 unspecified atom stereocenters. The molecule has 1 saturated heterocycles. The lowest BCUT2D eigenvalue weighted by atomic mass is 10.2. The summed E-state index contributed by atoms with van der Waals surface area (Å²) in [7, 11) is -4.29. The van der Waals surface area contributed by atoms with Crippen molar-refractivity contribution < 1.29 is 24.2 Å². The van der Waals surface area contributed by atoms with Gasteiger partial charge in [-0.1, -0.05) is 0 Å². The van der Waals surface area contributed by atoms with Gasteiger partial charge in [-0.05, 0) is 0 Å². The van der Waals surface area contributed by atoms with Crippen LogP contribution in [0.15, 0.2) is 11.4 Å². The zero-order valence-corrected chi connectivity index (χ0v) is 12.9. The fraction of sp³-hybridized carbons (Fsp3) is 0.500. The van der Waals surface area contributed by atoms with Gasteiger partial charge in [0.15, 0.2) is 5.65 Å². The van der Waals surface area contributed by atoms with Crippen LogP contribution in [-0.4, -0.2) is 52.8 Å². The number of imidazole rings is 1. The third kappa shape index (κ3) is 2.96. The summed E-state index contributed by atoms with van der Waals surface area (Å²) in [5, 5.41) is 10.2. The number of ether oxygens (including phenoxy) is 1. The summed E-state index contributed by atoms with van der Waals surface area (Å²) >= 11 is 4.17. The van der Waals surface area contributed by atoms with Crippen molar-refractivity contribution in [2.75, 3.05) is 11.9 Å². The fourth-order valence-electron chi connectivity index (χ4n) is 2.41. The third-order valence-corrected chi connectivity index (χ3v) is 4.50. The maximum absolute atomic E-state index is 11.1. The van der Waals surface area contributed by atoms with Crippen LogP contribution in [-0.2, 0) is 9.30 Å². The number of nitrogens with zero attached hydrogens (tertiary/aromatic N) is 4. The largest absolute Gasteiger partial charge is 0.390 e. The second-order valence-corrected chi connectivity index (χ2v) is 7.13. The first-order valence-electron chi connectivity index (χ1n) is 6.32. The van der Waals surface area contributed by atoms with E-state index in [-0.39, 0.29) is 12.4 Å². The Morgan fingerprint density at radius 1 is 1.50 bits per heavy atom. The molecule has 10 nitrogen and oxygen atoms in total. The van der Waals surface area contributed by atoms with E-state index in [1.807, 2.05) is 0 Å². The second kappa shape index (κ2) is 5.44. The summed E-state index contributed by atoms with van der Waals surface area (Å²) in [6.45, 7) is 0. The summed E-state index contributed by atoms with van der Waals surface area (Å²) in [5.41, 5.74) is 6.39. The summed E-state index contributed by atoms with van der Waals surface area (Å²) in [6, 6.07) is 0. The Balaban J connectivity index is 1.91. The number of thiol groups is 1. The molecule has 0 bridgehead atoms. The molecule has 1 aliphatic rings. The van der Waals surface area contributed by atoms with Gasteiger partial charge in [0.1, 0.15) is 16.8 Å². The van der Waals surface area contributed by atoms with E-state index in [0.717, 1.165) is 0 Å². The molecular weight excluding hydrogens is 333 g/mol. The van der Waals surface area contributed by atoms with Crippen LogP contribution in [0, 0.1) is 0 Å². The maximum Gasteiger partial charge on any atom is 0.328 e. The van der Waals surface area contributed by atoms with Crippen LogP contribution in [0.25, 0.3) is 11.2 Å². The van der Waals surface area contributed by atoms with E-state index in [0.29, 0.717) is 16.2 Å². The van der Waals surface area contributed by atoms with E-state index in [4.69, 9.17) is 20.3 Å². The lowest BCUT2D eigenvalue weighted by Gasteiger charge is -2.16. The number of nitrogens with two attached hydrogens (primary N) is 1. The Labute approximate surface area is 129 Å². The van der Waals surface area contributed by atoms with Crippen molar-refractivity contribution in [2.45, 2.75) is 29.9 Å². The van der Waals surface area contributed by atoms with Gasteiger partial charge in [0.05, 0.1) is 24.7 Å². The van der Waals surface area contributed by atoms with Gasteiger partial charge in [0, 0.05) is 6.42 Å². The molecule has 0 spiro atoms. The normalized spacial score (nSPS) is 25.9. The van der Waals surface area contributed by atoms with Crippen LogP contribution in [0.2, 0.25) is 0 Å². The number of aromatic nitrogens is 4. The maximum atomic E-state index is 11.1. The quantitative estimate of drug-likeness (QED) is 0.281. The van der Waals surface area contributed by atoms with Crippen molar-refractivity contribution in [3.8, 4) is 0 Å². The van der Waals surface area contributed by atoms with Gasteiger partial charge >= 0.3 is 7.60 Å². The van der Waals surface area contributed by atoms with Crippen LogP contribution in [0.3, 0.4) is 0 Å². The molecule has 12 heteroatoms. The predicted octanol–water partition coefficient (Wildman–Crippen LogP) is -0.477. The van der Waals surface area contributed by atoms with Gasteiger partial charge in [-0.2, -0.15) is 4.98 Å². The van der Waals surface area contributed by atoms with Gasteiger partial charge in [-0.15, -0.1) is 12.6 Å². The predicted molar refractivity (Wildman–Crippen MR) is 78.4 cm³/mol. The molecule has 3 rings (SSSR count). The third-order valence-electron chi connectivity index (χ3n) is 3.35. The van der Waals surface area contributed by atoms with Gasteiger partial charge in [-0.25, -0.2) is 9.97 Å². The Kier molecular flexibility index (Phi) is 3.87. The highest BCUT2D eigenvalue weighted by Crippen LogP contribution is 2.41. The highest BCUT2D eigenvalue weighted by atomic mass is 32.1. The number of hydrogen-bond acceptors (Lipinski definition) is 8. The zero-order valence-electron chi connectivity index (χ0n) is 11.1. The first kappa shape index (κ1) is 15.7. The second-order valence-electron chi connectivity index (χ2n) is 5.01. The molecule has 2 aromatic heterocycles. The summed E-state index contributed by atoms with van der Waals surface area (Å²) < 4.78 is 18.1. The van der Waals surface area contributed by atoms with E-state index in [1.54, 1.807) is 0 Å². The SMILES string of the molecule is Nc1nc(S)c2ncn([C@H]3C[C@H](O)[C@H](CP(=O)(O)O)O3)c2n1. The van der Waals surface area contributed by atoms with Gasteiger partial charge < -0.3 is 25.4 Å². The van der Waals surface area contributed by atoms with E-state index >= 15 is 0 Å². The first-order valence-corrected chi connectivity index (χ1v) is 8.56. The van der Waals surface area contributed by atoms with E-state index in [9.17, 15) is 9.67 Å². The highest BCUT2D eigenvalue weighted by molar-refractivity contribution is 7.80. The number of anilines is 1. The summed E-state index contributed by atoms with van der Waals surface area (Å²) in [5.74, 6) is 0.0181. The molecule has 1 fully saturated rings. The first-order chi connectivity index (χ1) is 10.2. The van der Waals surface area contributed by atoms with Gasteiger partial charge in [0.25, 0.3) is 0 Å². The molecule has 2 aromatic rings. The van der Waals surface area contributed by atoms with Crippen LogP contribution >= 0.6 is 20.2 Å². The van der Waals surface area contributed by atoms with Crippen LogP contribution in [0.4, 0.5) is 5.95 Å². The van der Waals surface area contributed by atoms with Gasteiger partial charge in [-0.3, -0.25) is 9.13 Å². The number of nitrogen functional groups attached to an aromatic ring is 1. The lowest BCUT2D eigenvalue weighted by molar-refractivity contribution is -0.00657. The minimum absolute atomic E-state index is 0.0181. The van der Waals surface area contributed by atoms with E-state index in [2.05, 4.69) is 27.6 Å². The van der Waals surface area contributed by atoms with Crippen molar-refractivity contribution in [1.82, 2.24) is 19.5 Å². The molecule has 0 aliphatic carbocycles. The molecule has 5 N–H and O–H groups in total. The lowest BCUT2D eigenvalue weighted by Crippen LogP contribution is -2.24. The summed E-state index contributed by atoms with van der Waals surface area (Å²) in [6.07, 6.45) is -1.56.